The van der Waals surface area contributed by atoms with Crippen LogP contribution in [0.25, 0.3) is 0 Å². The highest BCUT2D eigenvalue weighted by molar-refractivity contribution is 7.89. The van der Waals surface area contributed by atoms with Crippen molar-refractivity contribution in [3.63, 3.8) is 0 Å². The molecule has 0 saturated carbocycles. The number of likely N-dealkylation sites (tertiary alicyclic amines) is 1. The van der Waals surface area contributed by atoms with Crippen LogP contribution in [0.1, 0.15) is 41.7 Å². The maximum Gasteiger partial charge on any atom is 0.253 e. The molecule has 9 nitrogen and oxygen atoms in total. The summed E-state index contributed by atoms with van der Waals surface area (Å²) >= 11 is 1.39. The van der Waals surface area contributed by atoms with Gasteiger partial charge in [0.2, 0.25) is 15.9 Å². The second-order valence-corrected chi connectivity index (χ2v) is 11.1. The summed E-state index contributed by atoms with van der Waals surface area (Å²) in [6, 6.07) is 4.54. The molecule has 3 heterocycles. The molecule has 178 valence electrons. The first-order valence-electron chi connectivity index (χ1n) is 11.0. The van der Waals surface area contributed by atoms with E-state index in [1.807, 2.05) is 12.3 Å². The van der Waals surface area contributed by atoms with Gasteiger partial charge < -0.3 is 15.0 Å². The summed E-state index contributed by atoms with van der Waals surface area (Å²) in [7, 11) is -2.32. The molecule has 0 unspecified atom stereocenters. The molecule has 1 aromatic carbocycles. The molecule has 4 rings (SSSR count). The zero-order valence-corrected chi connectivity index (χ0v) is 20.4. The zero-order chi connectivity index (χ0) is 23.6. The third kappa shape index (κ3) is 5.04. The largest absolute Gasteiger partial charge is 0.495 e. The highest BCUT2D eigenvalue weighted by Gasteiger charge is 2.32. The maximum atomic E-state index is 13.1. The van der Waals surface area contributed by atoms with Gasteiger partial charge in [-0.05, 0) is 50.8 Å². The highest BCUT2D eigenvalue weighted by Crippen LogP contribution is 2.31. The van der Waals surface area contributed by atoms with E-state index in [0.717, 1.165) is 18.5 Å². The van der Waals surface area contributed by atoms with Crippen molar-refractivity contribution < 1.29 is 22.7 Å². The summed E-state index contributed by atoms with van der Waals surface area (Å²) in [6.07, 6.45) is 2.73. The predicted molar refractivity (Wildman–Crippen MR) is 125 cm³/mol. The van der Waals surface area contributed by atoms with Crippen molar-refractivity contribution in [3.05, 3.63) is 34.8 Å². The lowest BCUT2D eigenvalue weighted by atomic mass is 9.95. The van der Waals surface area contributed by atoms with Crippen LogP contribution in [-0.2, 0) is 14.8 Å². The van der Waals surface area contributed by atoms with Gasteiger partial charge >= 0.3 is 0 Å². The number of nitrogens with one attached hydrogen (secondary N) is 1. The number of aromatic nitrogens is 1. The van der Waals surface area contributed by atoms with Crippen LogP contribution in [-0.4, -0.2) is 67.7 Å². The van der Waals surface area contributed by atoms with Gasteiger partial charge in [-0.25, -0.2) is 13.4 Å². The zero-order valence-electron chi connectivity index (χ0n) is 18.7. The number of aryl methyl sites for hydroxylation is 1. The number of thiazole rings is 1. The number of rotatable bonds is 6. The third-order valence-electron chi connectivity index (χ3n) is 6.10. The molecule has 1 aromatic heterocycles. The number of nitrogens with zero attached hydrogens (tertiary/aromatic N) is 3. The molecule has 0 radical (unpaired) electrons. The second-order valence-electron chi connectivity index (χ2n) is 8.33. The normalized spacial score (nSPS) is 17.8. The average Bonchev–Trinajstić information content (AvgIpc) is 3.51. The monoisotopic (exact) mass is 492 g/mol. The number of anilines is 1. The Labute approximate surface area is 197 Å². The van der Waals surface area contributed by atoms with E-state index < -0.39 is 10.0 Å². The lowest BCUT2D eigenvalue weighted by Gasteiger charge is -2.31. The lowest BCUT2D eigenvalue weighted by molar-refractivity contribution is -0.121. The summed E-state index contributed by atoms with van der Waals surface area (Å²) in [5.74, 6) is -0.295. The molecule has 0 aliphatic carbocycles. The minimum absolute atomic E-state index is 0.0192. The van der Waals surface area contributed by atoms with Crippen molar-refractivity contribution in [1.82, 2.24) is 14.2 Å². The van der Waals surface area contributed by atoms with E-state index in [2.05, 4.69) is 10.3 Å². The Bertz CT molecular complexity index is 1130. The van der Waals surface area contributed by atoms with Crippen LogP contribution in [0.4, 0.5) is 5.13 Å². The molecule has 0 atom stereocenters. The average molecular weight is 493 g/mol. The molecule has 33 heavy (non-hydrogen) atoms. The van der Waals surface area contributed by atoms with Gasteiger partial charge in [0, 0.05) is 43.0 Å². The fraction of sp³-hybridized carbons (Fsp3) is 0.500. The van der Waals surface area contributed by atoms with E-state index in [1.54, 1.807) is 11.0 Å². The number of amides is 2. The molecule has 11 heteroatoms. The lowest BCUT2D eigenvalue weighted by Crippen LogP contribution is -2.41. The molecule has 2 saturated heterocycles. The van der Waals surface area contributed by atoms with Gasteiger partial charge in [-0.15, -0.1) is 11.3 Å². The SMILES string of the molecule is COc1ccc(C(=O)N2CCC(C(=O)Nc3nc(C)cs3)CC2)cc1S(=O)(=O)N1CCCC1. The molecule has 2 fully saturated rings. The number of methoxy groups -OCH3 is 1. The smallest absolute Gasteiger partial charge is 0.253 e. The summed E-state index contributed by atoms with van der Waals surface area (Å²) in [4.78, 5) is 31.6. The van der Waals surface area contributed by atoms with Gasteiger partial charge in [-0.2, -0.15) is 4.31 Å². The Morgan fingerprint density at radius 3 is 2.45 bits per heavy atom. The van der Waals surface area contributed by atoms with Crippen LogP contribution in [0.2, 0.25) is 0 Å². The van der Waals surface area contributed by atoms with Crippen molar-refractivity contribution >= 4 is 38.3 Å². The molecule has 1 N–H and O–H groups in total. The molecule has 0 bridgehead atoms. The Balaban J connectivity index is 1.44. The Kier molecular flexibility index (Phi) is 7.01. The van der Waals surface area contributed by atoms with Crippen molar-refractivity contribution in [1.29, 1.82) is 0 Å². The van der Waals surface area contributed by atoms with Gasteiger partial charge in [0.05, 0.1) is 12.8 Å². The number of benzene rings is 1. The first-order valence-corrected chi connectivity index (χ1v) is 13.3. The summed E-state index contributed by atoms with van der Waals surface area (Å²) in [5.41, 5.74) is 1.16. The van der Waals surface area contributed by atoms with Crippen molar-refractivity contribution in [2.24, 2.45) is 5.92 Å². The van der Waals surface area contributed by atoms with Crippen LogP contribution >= 0.6 is 11.3 Å². The van der Waals surface area contributed by atoms with Crippen molar-refractivity contribution in [2.75, 3.05) is 38.6 Å². The molecule has 2 aliphatic rings. The maximum absolute atomic E-state index is 13.1. The highest BCUT2D eigenvalue weighted by atomic mass is 32.2. The van der Waals surface area contributed by atoms with Gasteiger partial charge in [0.25, 0.3) is 5.91 Å². The molecular formula is C22H28N4O5S2. The van der Waals surface area contributed by atoms with Crippen molar-refractivity contribution in [2.45, 2.75) is 37.5 Å². The number of sulfonamides is 1. The second kappa shape index (κ2) is 9.78. The Hall–Kier alpha value is -2.50. The van der Waals surface area contributed by atoms with E-state index in [-0.39, 0.29) is 28.4 Å². The first kappa shape index (κ1) is 23.7. The van der Waals surface area contributed by atoms with E-state index in [9.17, 15) is 18.0 Å². The standard InChI is InChI=1S/C22H28N4O5S2/c1-15-14-32-22(23-15)24-20(27)16-7-11-25(12-8-16)21(28)17-5-6-18(31-2)19(13-17)33(29,30)26-9-3-4-10-26/h5-6,13-14,16H,3-4,7-12H2,1-2H3,(H,23,24,27). The van der Waals surface area contributed by atoms with E-state index >= 15 is 0 Å². The third-order valence-corrected chi connectivity index (χ3v) is 8.89. The van der Waals surface area contributed by atoms with Crippen LogP contribution in [0.5, 0.6) is 5.75 Å². The van der Waals surface area contributed by atoms with Gasteiger partial charge in [-0.3, -0.25) is 9.59 Å². The molecular weight excluding hydrogens is 464 g/mol. The van der Waals surface area contributed by atoms with Gasteiger partial charge in [0.15, 0.2) is 5.13 Å². The molecule has 2 amide bonds. The van der Waals surface area contributed by atoms with Gasteiger partial charge in [0.1, 0.15) is 10.6 Å². The van der Waals surface area contributed by atoms with E-state index in [1.165, 1.54) is 34.9 Å². The predicted octanol–water partition coefficient (Wildman–Crippen LogP) is 2.74. The summed E-state index contributed by atoms with van der Waals surface area (Å²) < 4.78 is 32.9. The van der Waals surface area contributed by atoms with Crippen LogP contribution < -0.4 is 10.1 Å². The Morgan fingerprint density at radius 1 is 1.15 bits per heavy atom. The minimum Gasteiger partial charge on any atom is -0.495 e. The van der Waals surface area contributed by atoms with Gasteiger partial charge in [-0.1, -0.05) is 0 Å². The number of hydrogen-bond donors (Lipinski definition) is 1. The van der Waals surface area contributed by atoms with Crippen LogP contribution in [0.15, 0.2) is 28.5 Å². The van der Waals surface area contributed by atoms with Crippen LogP contribution in [0.3, 0.4) is 0 Å². The minimum atomic E-state index is -3.74. The first-order chi connectivity index (χ1) is 15.8. The molecule has 2 aromatic rings. The van der Waals surface area contributed by atoms with E-state index in [0.29, 0.717) is 49.7 Å². The fourth-order valence-corrected chi connectivity index (χ4v) is 6.61. The van der Waals surface area contributed by atoms with Crippen LogP contribution in [0, 0.1) is 12.8 Å². The number of carbonyl (C=O) groups excluding carboxylic acids is 2. The molecule has 2 aliphatic heterocycles. The number of hydrogen-bond acceptors (Lipinski definition) is 7. The van der Waals surface area contributed by atoms with E-state index in [4.69, 9.17) is 4.74 Å². The number of carbonyl (C=O) groups is 2. The Morgan fingerprint density at radius 2 is 1.85 bits per heavy atom. The van der Waals surface area contributed by atoms with Crippen molar-refractivity contribution in [3.8, 4) is 5.75 Å². The quantitative estimate of drug-likeness (QED) is 0.664. The number of piperidine rings is 1. The summed E-state index contributed by atoms with van der Waals surface area (Å²) in [6.45, 7) is 3.67. The fourth-order valence-electron chi connectivity index (χ4n) is 4.23. The topological polar surface area (TPSA) is 109 Å². The number of ether oxygens (including phenoxy) is 1. The summed E-state index contributed by atoms with van der Waals surface area (Å²) in [5, 5.41) is 5.31. The molecule has 0 spiro atoms.